The fourth-order valence-electron chi connectivity index (χ4n) is 3.17. The SMILES string of the molecule is NC(=O)NC(=O)[C@H](c1ccccc1)N1CCN(Cc2ccsc2)CC1. The highest BCUT2D eigenvalue weighted by atomic mass is 32.1. The average Bonchev–Trinajstić information content (AvgIpc) is 3.10. The number of urea groups is 1. The molecule has 1 atom stereocenters. The maximum absolute atomic E-state index is 12.5. The van der Waals surface area contributed by atoms with Crippen LogP contribution in [0.25, 0.3) is 0 Å². The monoisotopic (exact) mass is 358 g/mol. The summed E-state index contributed by atoms with van der Waals surface area (Å²) >= 11 is 1.71. The molecule has 0 aliphatic carbocycles. The van der Waals surface area contributed by atoms with Crippen molar-refractivity contribution in [3.8, 4) is 0 Å². The van der Waals surface area contributed by atoms with Crippen molar-refractivity contribution in [3.63, 3.8) is 0 Å². The maximum Gasteiger partial charge on any atom is 0.318 e. The molecule has 1 saturated heterocycles. The Morgan fingerprint density at radius 1 is 1.12 bits per heavy atom. The second-order valence-electron chi connectivity index (χ2n) is 6.11. The number of nitrogens with one attached hydrogen (secondary N) is 1. The van der Waals surface area contributed by atoms with E-state index in [0.29, 0.717) is 0 Å². The van der Waals surface area contributed by atoms with Crippen molar-refractivity contribution in [2.75, 3.05) is 26.2 Å². The van der Waals surface area contributed by atoms with Gasteiger partial charge in [0, 0.05) is 32.7 Å². The predicted octanol–water partition coefficient (Wildman–Crippen LogP) is 1.80. The first kappa shape index (κ1) is 17.6. The molecule has 7 heteroatoms. The molecule has 1 fully saturated rings. The fourth-order valence-corrected chi connectivity index (χ4v) is 3.83. The fraction of sp³-hybridized carbons (Fsp3) is 0.333. The Balaban J connectivity index is 1.67. The first-order valence-electron chi connectivity index (χ1n) is 8.26. The first-order valence-corrected chi connectivity index (χ1v) is 9.20. The van der Waals surface area contributed by atoms with Gasteiger partial charge in [-0.1, -0.05) is 30.3 Å². The van der Waals surface area contributed by atoms with E-state index < -0.39 is 12.1 Å². The van der Waals surface area contributed by atoms with Gasteiger partial charge in [-0.3, -0.25) is 19.9 Å². The lowest BCUT2D eigenvalue weighted by Gasteiger charge is -2.38. The zero-order chi connectivity index (χ0) is 17.6. The molecule has 2 heterocycles. The summed E-state index contributed by atoms with van der Waals surface area (Å²) in [5.74, 6) is -0.370. The van der Waals surface area contributed by atoms with Crippen molar-refractivity contribution in [1.29, 1.82) is 0 Å². The van der Waals surface area contributed by atoms with E-state index in [2.05, 4.69) is 31.9 Å². The summed E-state index contributed by atoms with van der Waals surface area (Å²) in [5.41, 5.74) is 7.33. The molecule has 3 N–H and O–H groups in total. The van der Waals surface area contributed by atoms with Crippen molar-refractivity contribution in [2.45, 2.75) is 12.6 Å². The summed E-state index contributed by atoms with van der Waals surface area (Å²) in [4.78, 5) is 28.1. The van der Waals surface area contributed by atoms with Crippen LogP contribution in [0.5, 0.6) is 0 Å². The van der Waals surface area contributed by atoms with Crippen LogP contribution < -0.4 is 11.1 Å². The molecule has 1 aliphatic heterocycles. The number of hydrogen-bond donors (Lipinski definition) is 2. The summed E-state index contributed by atoms with van der Waals surface area (Å²) < 4.78 is 0. The van der Waals surface area contributed by atoms with E-state index in [1.807, 2.05) is 30.3 Å². The van der Waals surface area contributed by atoms with Crippen molar-refractivity contribution in [2.24, 2.45) is 5.73 Å². The molecule has 0 saturated carbocycles. The number of carbonyl (C=O) groups is 2. The standard InChI is InChI=1S/C18H22N4O2S/c19-18(24)20-17(23)16(15-4-2-1-3-5-15)22-9-7-21(8-10-22)12-14-6-11-25-13-14/h1-6,11,13,16H,7-10,12H2,(H3,19,20,23,24)/t16-/m0/s1. The highest BCUT2D eigenvalue weighted by molar-refractivity contribution is 7.07. The Bertz CT molecular complexity index is 697. The highest BCUT2D eigenvalue weighted by Gasteiger charge is 2.31. The number of hydrogen-bond acceptors (Lipinski definition) is 5. The molecule has 0 bridgehead atoms. The Kier molecular flexibility index (Phi) is 5.80. The van der Waals surface area contributed by atoms with Gasteiger partial charge in [0.2, 0.25) is 5.91 Å². The van der Waals surface area contributed by atoms with E-state index in [4.69, 9.17) is 5.73 Å². The molecule has 0 radical (unpaired) electrons. The van der Waals surface area contributed by atoms with E-state index in [1.54, 1.807) is 11.3 Å². The minimum absolute atomic E-state index is 0.370. The molecular formula is C18H22N4O2S. The molecule has 6 nitrogen and oxygen atoms in total. The van der Waals surface area contributed by atoms with Crippen LogP contribution >= 0.6 is 11.3 Å². The van der Waals surface area contributed by atoms with E-state index in [9.17, 15) is 9.59 Å². The Morgan fingerprint density at radius 2 is 1.84 bits per heavy atom. The van der Waals surface area contributed by atoms with Gasteiger partial charge in [-0.05, 0) is 28.0 Å². The van der Waals surface area contributed by atoms with E-state index in [0.717, 1.165) is 38.3 Å². The van der Waals surface area contributed by atoms with Crippen molar-refractivity contribution >= 4 is 23.3 Å². The van der Waals surface area contributed by atoms with Crippen LogP contribution in [0, 0.1) is 0 Å². The van der Waals surface area contributed by atoms with Crippen LogP contribution in [0.4, 0.5) is 4.79 Å². The molecule has 1 aliphatic rings. The first-order chi connectivity index (χ1) is 12.1. The lowest BCUT2D eigenvalue weighted by molar-refractivity contribution is -0.126. The number of nitrogens with two attached hydrogens (primary N) is 1. The van der Waals surface area contributed by atoms with Crippen LogP contribution in [0.3, 0.4) is 0 Å². The molecule has 1 aromatic heterocycles. The average molecular weight is 358 g/mol. The van der Waals surface area contributed by atoms with Crippen molar-refractivity contribution in [1.82, 2.24) is 15.1 Å². The molecule has 0 unspecified atom stereocenters. The molecule has 0 spiro atoms. The van der Waals surface area contributed by atoms with Gasteiger partial charge < -0.3 is 5.73 Å². The minimum atomic E-state index is -0.818. The summed E-state index contributed by atoms with van der Waals surface area (Å²) in [7, 11) is 0. The summed E-state index contributed by atoms with van der Waals surface area (Å²) in [6, 6.07) is 10.3. The zero-order valence-corrected chi connectivity index (χ0v) is 14.7. The van der Waals surface area contributed by atoms with Gasteiger partial charge in [-0.25, -0.2) is 4.79 Å². The van der Waals surface area contributed by atoms with Crippen LogP contribution in [0.15, 0.2) is 47.2 Å². The Labute approximate surface area is 151 Å². The van der Waals surface area contributed by atoms with Gasteiger partial charge in [0.05, 0.1) is 0 Å². The number of rotatable bonds is 5. The number of amides is 3. The number of thiophene rings is 1. The Morgan fingerprint density at radius 3 is 2.44 bits per heavy atom. The summed E-state index contributed by atoms with van der Waals surface area (Å²) in [6.07, 6.45) is 0. The van der Waals surface area contributed by atoms with Crippen LogP contribution in [0.1, 0.15) is 17.2 Å². The second-order valence-corrected chi connectivity index (χ2v) is 6.89. The molecule has 25 heavy (non-hydrogen) atoms. The third-order valence-corrected chi connectivity index (χ3v) is 5.10. The third kappa shape index (κ3) is 4.66. The van der Waals surface area contributed by atoms with Crippen LogP contribution in [0.2, 0.25) is 0 Å². The minimum Gasteiger partial charge on any atom is -0.351 e. The third-order valence-electron chi connectivity index (χ3n) is 4.37. The van der Waals surface area contributed by atoms with Gasteiger partial charge in [0.25, 0.3) is 0 Å². The highest BCUT2D eigenvalue weighted by Crippen LogP contribution is 2.23. The van der Waals surface area contributed by atoms with E-state index >= 15 is 0 Å². The van der Waals surface area contributed by atoms with Gasteiger partial charge in [0.1, 0.15) is 6.04 Å². The van der Waals surface area contributed by atoms with E-state index in [-0.39, 0.29) is 5.91 Å². The number of carbonyl (C=O) groups excluding carboxylic acids is 2. The molecule has 2 aromatic rings. The zero-order valence-electron chi connectivity index (χ0n) is 13.9. The lowest BCUT2D eigenvalue weighted by Crippen LogP contribution is -2.51. The quantitative estimate of drug-likeness (QED) is 0.854. The van der Waals surface area contributed by atoms with E-state index in [1.165, 1.54) is 5.56 Å². The van der Waals surface area contributed by atoms with Crippen LogP contribution in [-0.2, 0) is 11.3 Å². The number of imide groups is 1. The molecule has 1 aromatic carbocycles. The van der Waals surface area contributed by atoms with Crippen molar-refractivity contribution in [3.05, 3.63) is 58.3 Å². The topological polar surface area (TPSA) is 78.7 Å². The molecular weight excluding hydrogens is 336 g/mol. The molecule has 3 amide bonds. The number of benzene rings is 1. The Hall–Kier alpha value is -2.22. The van der Waals surface area contributed by atoms with Crippen LogP contribution in [-0.4, -0.2) is 47.9 Å². The largest absolute Gasteiger partial charge is 0.351 e. The molecule has 3 rings (SSSR count). The normalized spacial score (nSPS) is 17.1. The summed E-state index contributed by atoms with van der Waals surface area (Å²) in [6.45, 7) is 4.21. The van der Waals surface area contributed by atoms with Gasteiger partial charge >= 0.3 is 6.03 Å². The van der Waals surface area contributed by atoms with Crippen molar-refractivity contribution < 1.29 is 9.59 Å². The number of piperazine rings is 1. The lowest BCUT2D eigenvalue weighted by atomic mass is 10.0. The molecule has 132 valence electrons. The second kappa shape index (κ2) is 8.24. The number of primary amides is 1. The van der Waals surface area contributed by atoms with Gasteiger partial charge in [-0.2, -0.15) is 11.3 Å². The predicted molar refractivity (Wildman–Crippen MR) is 98.1 cm³/mol. The summed E-state index contributed by atoms with van der Waals surface area (Å²) in [5, 5.41) is 6.49. The van der Waals surface area contributed by atoms with Gasteiger partial charge in [0.15, 0.2) is 0 Å². The number of nitrogens with zero attached hydrogens (tertiary/aromatic N) is 2. The van der Waals surface area contributed by atoms with Gasteiger partial charge in [-0.15, -0.1) is 0 Å². The smallest absolute Gasteiger partial charge is 0.318 e. The maximum atomic E-state index is 12.5.